The molecule has 1 heterocycles. The van der Waals surface area contributed by atoms with Crippen molar-refractivity contribution in [2.75, 3.05) is 38.2 Å². The molecule has 15 nitrogen and oxygen atoms in total. The number of carbonyl (C=O) groups excluding carboxylic acids is 7. The quantitative estimate of drug-likeness (QED) is 0.0839. The Balaban J connectivity index is 1.60. The average molecular weight is 780 g/mol. The molecule has 1 fully saturated rings. The second-order valence-electron chi connectivity index (χ2n) is 16.0. The van der Waals surface area contributed by atoms with Gasteiger partial charge < -0.3 is 35.9 Å². The maximum atomic E-state index is 13.8. The van der Waals surface area contributed by atoms with Crippen LogP contribution in [0.1, 0.15) is 78.4 Å². The van der Waals surface area contributed by atoms with Gasteiger partial charge in [0.1, 0.15) is 13.2 Å². The maximum Gasteiger partial charge on any atom is 0.407 e. The number of alkyl carbamates (subject to hydrolysis) is 1. The van der Waals surface area contributed by atoms with Gasteiger partial charge in [0.15, 0.2) is 5.78 Å². The van der Waals surface area contributed by atoms with Crippen LogP contribution in [0.3, 0.4) is 0 Å². The van der Waals surface area contributed by atoms with Crippen molar-refractivity contribution < 1.29 is 47.8 Å². The van der Waals surface area contributed by atoms with Gasteiger partial charge in [0.25, 0.3) is 0 Å². The van der Waals surface area contributed by atoms with E-state index >= 15 is 0 Å². The summed E-state index contributed by atoms with van der Waals surface area (Å²) in [7, 11) is 0. The van der Waals surface area contributed by atoms with Crippen LogP contribution in [0, 0.1) is 22.7 Å². The summed E-state index contributed by atoms with van der Waals surface area (Å²) in [4.78, 5) is 90.0. The molecule has 1 saturated heterocycles. The SMILES string of the molecule is CC(C)(C)C(=O)OCc1ccc(NC(=O)[C@H](CCCNC(N)=O)CC(=O)[C@@H](Cc2ccccc2)NC(=O)OCCOCCN2C(=O)CC(C(C)(C)C)C2=O)cc1. The van der Waals surface area contributed by atoms with Crippen LogP contribution in [0.15, 0.2) is 54.6 Å². The van der Waals surface area contributed by atoms with Crippen LogP contribution in [0.25, 0.3) is 0 Å². The number of benzene rings is 2. The number of primary amides is 1. The molecule has 2 aromatic carbocycles. The lowest BCUT2D eigenvalue weighted by Crippen LogP contribution is -2.44. The van der Waals surface area contributed by atoms with E-state index in [1.807, 2.05) is 39.0 Å². The molecule has 2 aromatic rings. The second-order valence-corrected chi connectivity index (χ2v) is 16.0. The van der Waals surface area contributed by atoms with Gasteiger partial charge in [0.05, 0.1) is 37.1 Å². The molecule has 15 heteroatoms. The van der Waals surface area contributed by atoms with E-state index in [4.69, 9.17) is 19.9 Å². The maximum absolute atomic E-state index is 13.8. The lowest BCUT2D eigenvalue weighted by Gasteiger charge is -2.24. The number of nitrogens with zero attached hydrogens (tertiary/aromatic N) is 1. The first-order chi connectivity index (χ1) is 26.3. The highest BCUT2D eigenvalue weighted by atomic mass is 16.6. The van der Waals surface area contributed by atoms with Crippen molar-refractivity contribution in [2.24, 2.45) is 28.4 Å². The minimum absolute atomic E-state index is 0.00569. The van der Waals surface area contributed by atoms with E-state index in [-0.39, 0.29) is 94.3 Å². The Morgan fingerprint density at radius 2 is 1.55 bits per heavy atom. The van der Waals surface area contributed by atoms with Crippen LogP contribution in [-0.4, -0.2) is 85.5 Å². The van der Waals surface area contributed by atoms with Crippen LogP contribution in [0.4, 0.5) is 15.3 Å². The molecule has 306 valence electrons. The number of nitrogens with one attached hydrogen (secondary N) is 3. The molecule has 6 amide bonds. The van der Waals surface area contributed by atoms with Gasteiger partial charge in [-0.15, -0.1) is 0 Å². The van der Waals surface area contributed by atoms with Crippen molar-refractivity contribution in [3.05, 3.63) is 65.7 Å². The summed E-state index contributed by atoms with van der Waals surface area (Å²) in [6.45, 7) is 11.3. The van der Waals surface area contributed by atoms with E-state index in [1.165, 1.54) is 4.90 Å². The molecule has 0 saturated carbocycles. The third-order valence-corrected chi connectivity index (χ3v) is 9.22. The number of urea groups is 1. The first-order valence-corrected chi connectivity index (χ1v) is 18.9. The Morgan fingerprint density at radius 1 is 0.875 bits per heavy atom. The highest BCUT2D eigenvalue weighted by molar-refractivity contribution is 6.04. The number of hydrogen-bond donors (Lipinski definition) is 4. The molecule has 5 N–H and O–H groups in total. The monoisotopic (exact) mass is 779 g/mol. The molecule has 3 atom stereocenters. The minimum Gasteiger partial charge on any atom is -0.460 e. The molecule has 56 heavy (non-hydrogen) atoms. The highest BCUT2D eigenvalue weighted by Gasteiger charge is 2.44. The standard InChI is InChI=1S/C41H57N5O10/c1-40(2,3)31-25-34(48)46(36(31)50)19-20-54-21-22-55-39(53)45-32(23-27-11-8-7-9-12-27)33(47)24-29(13-10-18-43-38(42)52)35(49)44-30-16-14-28(15-17-30)26-56-37(51)41(4,5)6/h7-9,11-12,14-17,29,31-32H,10,13,18-26H2,1-6H3,(H,44,49)(H,45,53)(H3,42,43,52)/t29-,31?,32-/m1/s1. The molecular weight excluding hydrogens is 722 g/mol. The average Bonchev–Trinajstić information content (AvgIpc) is 3.42. The molecule has 1 aliphatic heterocycles. The van der Waals surface area contributed by atoms with Gasteiger partial charge in [-0.05, 0) is 68.7 Å². The molecular formula is C41H57N5O10. The summed E-state index contributed by atoms with van der Waals surface area (Å²) in [5.74, 6) is -2.85. The lowest BCUT2D eigenvalue weighted by atomic mass is 9.80. The summed E-state index contributed by atoms with van der Waals surface area (Å²) in [6.07, 6.45) is -0.210. The molecule has 1 aliphatic rings. The number of anilines is 1. The largest absolute Gasteiger partial charge is 0.460 e. The molecule has 3 rings (SSSR count). The van der Waals surface area contributed by atoms with Crippen LogP contribution in [0.5, 0.6) is 0 Å². The predicted octanol–water partition coefficient (Wildman–Crippen LogP) is 4.51. The molecule has 0 aliphatic carbocycles. The first kappa shape index (κ1) is 45.1. The molecule has 0 aromatic heterocycles. The van der Waals surface area contributed by atoms with Gasteiger partial charge >= 0.3 is 18.1 Å². The van der Waals surface area contributed by atoms with Gasteiger partial charge in [-0.2, -0.15) is 0 Å². The Labute approximate surface area is 328 Å². The van der Waals surface area contributed by atoms with E-state index in [9.17, 15) is 33.6 Å². The Kier molecular flexibility index (Phi) is 17.0. The van der Waals surface area contributed by atoms with Gasteiger partial charge in [-0.1, -0.05) is 63.2 Å². The van der Waals surface area contributed by atoms with Crippen LogP contribution in [0.2, 0.25) is 0 Å². The van der Waals surface area contributed by atoms with Gasteiger partial charge in [-0.3, -0.25) is 28.9 Å². The van der Waals surface area contributed by atoms with Crippen LogP contribution >= 0.6 is 0 Å². The summed E-state index contributed by atoms with van der Waals surface area (Å²) >= 11 is 0. The molecule has 0 spiro atoms. The Hall–Kier alpha value is -5.31. The number of ketones is 1. The van der Waals surface area contributed by atoms with E-state index in [0.29, 0.717) is 12.1 Å². The van der Waals surface area contributed by atoms with Crippen molar-refractivity contribution in [2.45, 2.75) is 86.3 Å². The summed E-state index contributed by atoms with van der Waals surface area (Å²) < 4.78 is 16.2. The highest BCUT2D eigenvalue weighted by Crippen LogP contribution is 2.35. The number of esters is 1. The van der Waals surface area contributed by atoms with Crippen LogP contribution in [-0.2, 0) is 51.2 Å². The summed E-state index contributed by atoms with van der Waals surface area (Å²) in [5, 5.41) is 7.97. The molecule has 1 unspecified atom stereocenters. The van der Waals surface area contributed by atoms with E-state index in [1.54, 1.807) is 57.2 Å². The lowest BCUT2D eigenvalue weighted by molar-refractivity contribution is -0.154. The summed E-state index contributed by atoms with van der Waals surface area (Å²) in [5.41, 5.74) is 6.18. The second kappa shape index (κ2) is 21.1. The van der Waals surface area contributed by atoms with Crippen molar-refractivity contribution in [3.63, 3.8) is 0 Å². The van der Waals surface area contributed by atoms with Crippen molar-refractivity contribution in [1.29, 1.82) is 0 Å². The predicted molar refractivity (Wildman–Crippen MR) is 208 cm³/mol. The fourth-order valence-corrected chi connectivity index (χ4v) is 5.89. The first-order valence-electron chi connectivity index (χ1n) is 18.9. The van der Waals surface area contributed by atoms with E-state index < -0.39 is 41.2 Å². The fourth-order valence-electron chi connectivity index (χ4n) is 5.89. The Bertz CT molecular complexity index is 1670. The number of Topliss-reactive ketones (excluding diaryl/α,β-unsaturated/α-hetero) is 1. The topological polar surface area (TPSA) is 213 Å². The summed E-state index contributed by atoms with van der Waals surface area (Å²) in [6, 6.07) is 14.1. The van der Waals surface area contributed by atoms with Gasteiger partial charge in [0.2, 0.25) is 17.7 Å². The van der Waals surface area contributed by atoms with Crippen molar-refractivity contribution in [1.82, 2.24) is 15.5 Å². The third kappa shape index (κ3) is 15.1. The number of likely N-dealkylation sites (tertiary alicyclic amines) is 1. The zero-order chi connectivity index (χ0) is 41.5. The minimum atomic E-state index is -1.04. The number of rotatable bonds is 20. The number of ether oxygens (including phenoxy) is 3. The van der Waals surface area contributed by atoms with E-state index in [0.717, 1.165) is 11.1 Å². The number of carbonyl (C=O) groups is 7. The van der Waals surface area contributed by atoms with Gasteiger partial charge in [-0.25, -0.2) is 9.59 Å². The van der Waals surface area contributed by atoms with Crippen LogP contribution < -0.4 is 21.7 Å². The number of imide groups is 1. The number of amides is 6. The molecule has 0 radical (unpaired) electrons. The third-order valence-electron chi connectivity index (χ3n) is 9.22. The molecule has 0 bridgehead atoms. The van der Waals surface area contributed by atoms with E-state index in [2.05, 4.69) is 16.0 Å². The van der Waals surface area contributed by atoms with Crippen molar-refractivity contribution >= 4 is 47.3 Å². The Morgan fingerprint density at radius 3 is 2.16 bits per heavy atom. The van der Waals surface area contributed by atoms with Crippen molar-refractivity contribution in [3.8, 4) is 0 Å². The fraction of sp³-hybridized carbons (Fsp3) is 0.537. The number of hydrogen-bond acceptors (Lipinski definition) is 10. The van der Waals surface area contributed by atoms with Gasteiger partial charge in [0, 0.05) is 31.0 Å². The number of nitrogens with two attached hydrogens (primary N) is 1. The normalized spacial score (nSPS) is 15.5. The smallest absolute Gasteiger partial charge is 0.407 e. The zero-order valence-corrected chi connectivity index (χ0v) is 33.3. The zero-order valence-electron chi connectivity index (χ0n) is 33.3.